The fourth-order valence-corrected chi connectivity index (χ4v) is 1.69. The van der Waals surface area contributed by atoms with Crippen molar-refractivity contribution in [2.75, 3.05) is 0 Å². The van der Waals surface area contributed by atoms with Crippen LogP contribution in [-0.2, 0) is 0 Å². The summed E-state index contributed by atoms with van der Waals surface area (Å²) < 4.78 is 0. The summed E-state index contributed by atoms with van der Waals surface area (Å²) >= 11 is 0. The molecule has 0 radical (unpaired) electrons. The second kappa shape index (κ2) is 3.93. The molecule has 1 aliphatic rings. The van der Waals surface area contributed by atoms with Gasteiger partial charge in [0.25, 0.3) is 0 Å². The standard InChI is InChI=1S/C10H12N2/c1-2-8-3-4-9(5-8)10(6-11)7-12/h8H,2-5H2,1H3. The van der Waals surface area contributed by atoms with Crippen molar-refractivity contribution in [2.24, 2.45) is 5.92 Å². The van der Waals surface area contributed by atoms with E-state index in [4.69, 9.17) is 10.5 Å². The molecule has 12 heavy (non-hydrogen) atoms. The van der Waals surface area contributed by atoms with E-state index in [9.17, 15) is 0 Å². The van der Waals surface area contributed by atoms with Gasteiger partial charge in [0, 0.05) is 0 Å². The lowest BCUT2D eigenvalue weighted by Gasteiger charge is -2.00. The fraction of sp³-hybridized carbons (Fsp3) is 0.600. The van der Waals surface area contributed by atoms with Gasteiger partial charge in [0.05, 0.1) is 0 Å². The van der Waals surface area contributed by atoms with Crippen molar-refractivity contribution in [2.45, 2.75) is 32.6 Å². The van der Waals surface area contributed by atoms with E-state index in [-0.39, 0.29) is 0 Å². The maximum absolute atomic E-state index is 8.62. The Balaban J connectivity index is 2.75. The first-order chi connectivity index (χ1) is 5.81. The van der Waals surface area contributed by atoms with Crippen LogP contribution < -0.4 is 0 Å². The van der Waals surface area contributed by atoms with Gasteiger partial charge in [-0.2, -0.15) is 10.5 Å². The van der Waals surface area contributed by atoms with Crippen LogP contribution in [0.2, 0.25) is 0 Å². The molecule has 0 spiro atoms. The van der Waals surface area contributed by atoms with E-state index in [1.165, 1.54) is 0 Å². The molecule has 2 heteroatoms. The van der Waals surface area contributed by atoms with Crippen LogP contribution >= 0.6 is 0 Å². The molecule has 0 saturated heterocycles. The van der Waals surface area contributed by atoms with Gasteiger partial charge in [-0.25, -0.2) is 0 Å². The SMILES string of the molecule is CCC1CCC(=C(C#N)C#N)C1. The van der Waals surface area contributed by atoms with Crippen molar-refractivity contribution in [3.8, 4) is 12.1 Å². The molecule has 0 heterocycles. The molecular weight excluding hydrogens is 148 g/mol. The van der Waals surface area contributed by atoms with Crippen molar-refractivity contribution >= 4 is 0 Å². The minimum Gasteiger partial charge on any atom is -0.192 e. The molecule has 0 amide bonds. The third-order valence-electron chi connectivity index (χ3n) is 2.54. The summed E-state index contributed by atoms with van der Waals surface area (Å²) in [6, 6.07) is 3.91. The number of nitrogens with zero attached hydrogens (tertiary/aromatic N) is 2. The molecule has 1 atom stereocenters. The van der Waals surface area contributed by atoms with Crippen LogP contribution in [0.5, 0.6) is 0 Å². The smallest absolute Gasteiger partial charge is 0.128 e. The maximum atomic E-state index is 8.62. The molecule has 62 valence electrons. The summed E-state index contributed by atoms with van der Waals surface area (Å²) in [4.78, 5) is 0. The second-order valence-corrected chi connectivity index (χ2v) is 3.22. The van der Waals surface area contributed by atoms with Gasteiger partial charge in [-0.1, -0.05) is 13.3 Å². The van der Waals surface area contributed by atoms with Crippen LogP contribution in [0, 0.1) is 28.6 Å². The van der Waals surface area contributed by atoms with E-state index in [1.807, 2.05) is 12.1 Å². The molecule has 1 unspecified atom stereocenters. The number of allylic oxidation sites excluding steroid dienone is 2. The summed E-state index contributed by atoms with van der Waals surface area (Å²) in [5.74, 6) is 0.705. The van der Waals surface area contributed by atoms with Crippen LogP contribution in [0.3, 0.4) is 0 Å². The minimum atomic E-state index is 0.353. The predicted octanol–water partition coefficient (Wildman–Crippen LogP) is 2.54. The number of rotatable bonds is 1. The summed E-state index contributed by atoms with van der Waals surface area (Å²) in [6.45, 7) is 2.16. The minimum absolute atomic E-state index is 0.353. The third kappa shape index (κ3) is 1.66. The van der Waals surface area contributed by atoms with Crippen molar-refractivity contribution in [3.63, 3.8) is 0 Å². The summed E-state index contributed by atoms with van der Waals surface area (Å²) in [5, 5.41) is 17.2. The van der Waals surface area contributed by atoms with E-state index in [0.29, 0.717) is 11.5 Å². The van der Waals surface area contributed by atoms with Crippen LogP contribution in [0.4, 0.5) is 0 Å². The summed E-state index contributed by atoms with van der Waals surface area (Å²) in [5.41, 5.74) is 1.43. The Labute approximate surface area is 73.1 Å². The van der Waals surface area contributed by atoms with Crippen molar-refractivity contribution in [3.05, 3.63) is 11.1 Å². The number of hydrogen-bond acceptors (Lipinski definition) is 2. The van der Waals surface area contributed by atoms with E-state index in [1.54, 1.807) is 0 Å². The van der Waals surface area contributed by atoms with Gasteiger partial charge in [-0.3, -0.25) is 0 Å². The first kappa shape index (κ1) is 8.81. The Morgan fingerprint density at radius 1 is 1.50 bits per heavy atom. The lowest BCUT2D eigenvalue weighted by atomic mass is 10.0. The molecule has 0 aromatic rings. The van der Waals surface area contributed by atoms with Crippen LogP contribution in [-0.4, -0.2) is 0 Å². The van der Waals surface area contributed by atoms with Gasteiger partial charge in [-0.15, -0.1) is 0 Å². The highest BCUT2D eigenvalue weighted by molar-refractivity contribution is 5.41. The topological polar surface area (TPSA) is 47.6 Å². The maximum Gasteiger partial charge on any atom is 0.128 e. The van der Waals surface area contributed by atoms with Crippen LogP contribution in [0.1, 0.15) is 32.6 Å². The van der Waals surface area contributed by atoms with Crippen molar-refractivity contribution < 1.29 is 0 Å². The van der Waals surface area contributed by atoms with Gasteiger partial charge in [-0.05, 0) is 30.8 Å². The van der Waals surface area contributed by atoms with Gasteiger partial charge in [0.1, 0.15) is 17.7 Å². The zero-order valence-corrected chi connectivity index (χ0v) is 7.30. The average molecular weight is 160 g/mol. The molecule has 0 aromatic heterocycles. The molecule has 0 bridgehead atoms. The van der Waals surface area contributed by atoms with E-state index < -0.39 is 0 Å². The average Bonchev–Trinajstić information content (AvgIpc) is 2.55. The van der Waals surface area contributed by atoms with Crippen molar-refractivity contribution in [1.29, 1.82) is 10.5 Å². The Morgan fingerprint density at radius 2 is 2.17 bits per heavy atom. The Bertz CT molecular complexity index is 259. The second-order valence-electron chi connectivity index (χ2n) is 3.22. The highest BCUT2D eigenvalue weighted by Gasteiger charge is 2.20. The molecule has 0 aromatic carbocycles. The number of hydrogen-bond donors (Lipinski definition) is 0. The van der Waals surface area contributed by atoms with E-state index >= 15 is 0 Å². The predicted molar refractivity (Wildman–Crippen MR) is 45.9 cm³/mol. The highest BCUT2D eigenvalue weighted by Crippen LogP contribution is 2.33. The molecule has 1 rings (SSSR count). The van der Waals surface area contributed by atoms with Gasteiger partial charge in [0.2, 0.25) is 0 Å². The fourth-order valence-electron chi connectivity index (χ4n) is 1.69. The quantitative estimate of drug-likeness (QED) is 0.553. The van der Waals surface area contributed by atoms with E-state index in [0.717, 1.165) is 31.3 Å². The van der Waals surface area contributed by atoms with E-state index in [2.05, 4.69) is 6.92 Å². The zero-order valence-electron chi connectivity index (χ0n) is 7.30. The third-order valence-corrected chi connectivity index (χ3v) is 2.54. The van der Waals surface area contributed by atoms with Gasteiger partial charge in [0.15, 0.2) is 0 Å². The zero-order chi connectivity index (χ0) is 8.97. The van der Waals surface area contributed by atoms with Crippen molar-refractivity contribution in [1.82, 2.24) is 0 Å². The van der Waals surface area contributed by atoms with Crippen LogP contribution in [0.15, 0.2) is 11.1 Å². The normalized spacial score (nSPS) is 21.6. The molecule has 1 fully saturated rings. The molecule has 0 N–H and O–H groups in total. The lowest BCUT2D eigenvalue weighted by molar-refractivity contribution is 0.537. The van der Waals surface area contributed by atoms with Gasteiger partial charge < -0.3 is 0 Å². The lowest BCUT2D eigenvalue weighted by Crippen LogP contribution is -1.88. The number of nitriles is 2. The first-order valence-corrected chi connectivity index (χ1v) is 4.34. The largest absolute Gasteiger partial charge is 0.192 e. The summed E-state index contributed by atoms with van der Waals surface area (Å²) in [6.07, 6.45) is 4.23. The molecule has 1 saturated carbocycles. The highest BCUT2D eigenvalue weighted by atomic mass is 14.3. The molecule has 2 nitrogen and oxygen atoms in total. The Morgan fingerprint density at radius 3 is 2.58 bits per heavy atom. The molecular formula is C10H12N2. The first-order valence-electron chi connectivity index (χ1n) is 4.34. The summed E-state index contributed by atoms with van der Waals surface area (Å²) in [7, 11) is 0. The molecule has 1 aliphatic carbocycles. The van der Waals surface area contributed by atoms with Crippen LogP contribution in [0.25, 0.3) is 0 Å². The van der Waals surface area contributed by atoms with Gasteiger partial charge >= 0.3 is 0 Å². The Kier molecular flexibility index (Phi) is 2.88. The Hall–Kier alpha value is -1.28. The molecule has 0 aliphatic heterocycles. The monoisotopic (exact) mass is 160 g/mol.